The molecular weight excluding hydrogens is 413 g/mol. The molecule has 1 aromatic heterocycles. The summed E-state index contributed by atoms with van der Waals surface area (Å²) in [6, 6.07) is 16.2. The van der Waals surface area contributed by atoms with Crippen molar-refractivity contribution in [2.75, 3.05) is 24.5 Å². The lowest BCUT2D eigenvalue weighted by Crippen LogP contribution is -2.41. The van der Waals surface area contributed by atoms with Crippen LogP contribution in [0.15, 0.2) is 54.6 Å². The summed E-state index contributed by atoms with van der Waals surface area (Å²) in [6.45, 7) is 3.02. The zero-order valence-corrected chi connectivity index (χ0v) is 18.1. The minimum atomic E-state index is -0.235. The Bertz CT molecular complexity index is 971. The van der Waals surface area contributed by atoms with Crippen molar-refractivity contribution in [2.24, 2.45) is 5.92 Å². The number of nitrogens with zero attached hydrogens (tertiary/aromatic N) is 3. The average molecular weight is 440 g/mol. The van der Waals surface area contributed by atoms with Gasteiger partial charge in [0.2, 0.25) is 5.13 Å². The molecular formula is C23H26FN5OS. The van der Waals surface area contributed by atoms with Gasteiger partial charge in [0.15, 0.2) is 0 Å². The van der Waals surface area contributed by atoms with Crippen molar-refractivity contribution >= 4 is 22.7 Å². The second kappa shape index (κ2) is 10.3. The predicted octanol–water partition coefficient (Wildman–Crippen LogP) is 3.98. The first-order valence-electron chi connectivity index (χ1n) is 10.5. The number of carbonyl (C=O) groups excluding carboxylic acids is 1. The quantitative estimate of drug-likeness (QED) is 0.584. The predicted molar refractivity (Wildman–Crippen MR) is 121 cm³/mol. The number of hydrogen-bond acceptors (Lipinski definition) is 5. The van der Waals surface area contributed by atoms with E-state index in [2.05, 4.69) is 24.9 Å². The molecule has 0 aliphatic carbocycles. The maximum absolute atomic E-state index is 13.0. The fraction of sp³-hybridized carbons (Fsp3) is 0.348. The minimum absolute atomic E-state index is 0.124. The number of nitrogens with one attached hydrogen (secondary N) is 2. The number of piperidine rings is 1. The molecule has 3 aromatic rings. The van der Waals surface area contributed by atoms with Crippen molar-refractivity contribution in [1.29, 1.82) is 0 Å². The van der Waals surface area contributed by atoms with E-state index in [9.17, 15) is 9.18 Å². The Kier molecular flexibility index (Phi) is 7.09. The highest BCUT2D eigenvalue weighted by atomic mass is 32.1. The molecule has 2 heterocycles. The lowest BCUT2D eigenvalue weighted by Gasteiger charge is -2.31. The second-order valence-electron chi connectivity index (χ2n) is 7.78. The third kappa shape index (κ3) is 6.24. The van der Waals surface area contributed by atoms with Crippen LogP contribution in [0.4, 0.5) is 14.3 Å². The zero-order valence-electron chi connectivity index (χ0n) is 17.3. The highest BCUT2D eigenvalue weighted by Gasteiger charge is 2.22. The van der Waals surface area contributed by atoms with Crippen LogP contribution in [0.2, 0.25) is 0 Å². The molecule has 2 amide bonds. The molecule has 4 rings (SSSR count). The smallest absolute Gasteiger partial charge is 0.315 e. The molecule has 1 fully saturated rings. The van der Waals surface area contributed by atoms with Gasteiger partial charge in [-0.1, -0.05) is 42.5 Å². The molecule has 0 saturated carbocycles. The summed E-state index contributed by atoms with van der Waals surface area (Å²) in [4.78, 5) is 19.0. The Labute approximate surface area is 185 Å². The van der Waals surface area contributed by atoms with Crippen LogP contribution >= 0.6 is 11.5 Å². The zero-order chi connectivity index (χ0) is 21.5. The van der Waals surface area contributed by atoms with Crippen molar-refractivity contribution in [3.8, 4) is 0 Å². The fourth-order valence-corrected chi connectivity index (χ4v) is 4.37. The Hall–Kier alpha value is -3.00. The number of hydrogen-bond donors (Lipinski definition) is 2. The van der Waals surface area contributed by atoms with E-state index in [4.69, 9.17) is 0 Å². The molecule has 0 atom stereocenters. The number of halogens is 1. The average Bonchev–Trinajstić information content (AvgIpc) is 3.27. The minimum Gasteiger partial charge on any atom is -0.347 e. The van der Waals surface area contributed by atoms with Crippen LogP contribution in [-0.4, -0.2) is 35.0 Å². The number of urea groups is 1. The third-order valence-electron chi connectivity index (χ3n) is 5.47. The highest BCUT2D eigenvalue weighted by Crippen LogP contribution is 2.25. The van der Waals surface area contributed by atoms with E-state index in [0.717, 1.165) is 48.0 Å². The first-order valence-corrected chi connectivity index (χ1v) is 11.3. The molecule has 0 radical (unpaired) electrons. The summed E-state index contributed by atoms with van der Waals surface area (Å²) < 4.78 is 17.5. The van der Waals surface area contributed by atoms with E-state index in [1.165, 1.54) is 23.7 Å². The molecule has 8 heteroatoms. The van der Waals surface area contributed by atoms with Gasteiger partial charge in [-0.2, -0.15) is 4.37 Å². The molecule has 2 aromatic carbocycles. The van der Waals surface area contributed by atoms with Crippen molar-refractivity contribution in [3.63, 3.8) is 0 Å². The summed E-state index contributed by atoms with van der Waals surface area (Å²) in [7, 11) is 0. The SMILES string of the molecule is O=C(NCc1ccccc1)NCC1CCN(c2nc(Cc3ccc(F)cc3)ns2)CC1. The maximum Gasteiger partial charge on any atom is 0.315 e. The standard InChI is InChI=1S/C23H26FN5OS/c24-20-8-6-17(7-9-20)14-21-27-23(31-28-21)29-12-10-19(11-13-29)16-26-22(30)25-15-18-4-2-1-3-5-18/h1-9,19H,10-16H2,(H2,25,26,30). The van der Waals surface area contributed by atoms with Crippen LogP contribution in [0.25, 0.3) is 0 Å². The van der Waals surface area contributed by atoms with Crippen molar-refractivity contribution in [1.82, 2.24) is 20.0 Å². The van der Waals surface area contributed by atoms with Gasteiger partial charge in [0.25, 0.3) is 0 Å². The van der Waals surface area contributed by atoms with Gasteiger partial charge >= 0.3 is 6.03 Å². The molecule has 6 nitrogen and oxygen atoms in total. The van der Waals surface area contributed by atoms with E-state index in [1.807, 2.05) is 30.3 Å². The number of anilines is 1. The second-order valence-corrected chi connectivity index (χ2v) is 8.51. The van der Waals surface area contributed by atoms with Crippen LogP contribution < -0.4 is 15.5 Å². The Balaban J connectivity index is 1.18. The summed E-state index contributed by atoms with van der Waals surface area (Å²) in [5.41, 5.74) is 2.09. The normalized spacial score (nSPS) is 14.4. The van der Waals surface area contributed by atoms with Crippen LogP contribution in [0.5, 0.6) is 0 Å². The third-order valence-corrected chi connectivity index (χ3v) is 6.28. The van der Waals surface area contributed by atoms with Gasteiger partial charge in [-0.05, 0) is 42.0 Å². The molecule has 1 aliphatic rings. The van der Waals surface area contributed by atoms with Crippen molar-refractivity contribution in [3.05, 3.63) is 77.4 Å². The van der Waals surface area contributed by atoms with Crippen molar-refractivity contribution in [2.45, 2.75) is 25.8 Å². The van der Waals surface area contributed by atoms with E-state index in [1.54, 1.807) is 12.1 Å². The lowest BCUT2D eigenvalue weighted by molar-refractivity contribution is 0.237. The number of carbonyl (C=O) groups is 1. The number of aromatic nitrogens is 2. The van der Waals surface area contributed by atoms with Gasteiger partial charge < -0.3 is 15.5 Å². The summed E-state index contributed by atoms with van der Waals surface area (Å²) in [5, 5.41) is 6.83. The Morgan fingerprint density at radius 2 is 1.77 bits per heavy atom. The van der Waals surface area contributed by atoms with Gasteiger partial charge in [0.1, 0.15) is 11.6 Å². The molecule has 162 valence electrons. The maximum atomic E-state index is 13.0. The van der Waals surface area contributed by atoms with Gasteiger partial charge in [-0.25, -0.2) is 14.2 Å². The Morgan fingerprint density at radius 1 is 1.03 bits per heavy atom. The lowest BCUT2D eigenvalue weighted by atomic mass is 9.97. The fourth-order valence-electron chi connectivity index (χ4n) is 3.64. The number of amides is 2. The summed E-state index contributed by atoms with van der Waals surface area (Å²) >= 11 is 1.41. The molecule has 31 heavy (non-hydrogen) atoms. The van der Waals surface area contributed by atoms with E-state index in [-0.39, 0.29) is 11.8 Å². The van der Waals surface area contributed by atoms with E-state index in [0.29, 0.717) is 25.4 Å². The monoisotopic (exact) mass is 439 g/mol. The van der Waals surface area contributed by atoms with E-state index >= 15 is 0 Å². The molecule has 0 unspecified atom stereocenters. The highest BCUT2D eigenvalue weighted by molar-refractivity contribution is 7.09. The van der Waals surface area contributed by atoms with Gasteiger partial charge in [0.05, 0.1) is 0 Å². The molecule has 0 bridgehead atoms. The first kappa shape index (κ1) is 21.2. The number of benzene rings is 2. The summed E-state index contributed by atoms with van der Waals surface area (Å²) in [5.74, 6) is 0.998. The first-order chi connectivity index (χ1) is 15.2. The largest absolute Gasteiger partial charge is 0.347 e. The van der Waals surface area contributed by atoms with Gasteiger partial charge in [-0.15, -0.1) is 0 Å². The molecule has 1 aliphatic heterocycles. The summed E-state index contributed by atoms with van der Waals surface area (Å²) in [6.07, 6.45) is 2.62. The van der Waals surface area contributed by atoms with Crippen LogP contribution in [0.1, 0.15) is 29.8 Å². The Morgan fingerprint density at radius 3 is 2.52 bits per heavy atom. The van der Waals surface area contributed by atoms with Gasteiger partial charge in [0, 0.05) is 44.1 Å². The number of rotatable bonds is 7. The van der Waals surface area contributed by atoms with Crippen LogP contribution in [0, 0.1) is 11.7 Å². The molecule has 0 spiro atoms. The van der Waals surface area contributed by atoms with Crippen molar-refractivity contribution < 1.29 is 9.18 Å². The van der Waals surface area contributed by atoms with E-state index < -0.39 is 0 Å². The topological polar surface area (TPSA) is 70.2 Å². The molecule has 2 N–H and O–H groups in total. The van der Waals surface area contributed by atoms with Crippen LogP contribution in [0.3, 0.4) is 0 Å². The van der Waals surface area contributed by atoms with Gasteiger partial charge in [-0.3, -0.25) is 0 Å². The molecule has 1 saturated heterocycles. The van der Waals surface area contributed by atoms with Crippen LogP contribution in [-0.2, 0) is 13.0 Å².